The first kappa shape index (κ1) is 19.2. The third kappa shape index (κ3) is 3.37. The summed E-state index contributed by atoms with van der Waals surface area (Å²) in [6.07, 6.45) is 4.14. The van der Waals surface area contributed by atoms with E-state index in [2.05, 4.69) is 78.9 Å². The average molecular weight is 358 g/mol. The summed E-state index contributed by atoms with van der Waals surface area (Å²) in [4.78, 5) is 0. The normalized spacial score (nSPS) is 29.4. The summed E-state index contributed by atoms with van der Waals surface area (Å²) in [5, 5.41) is 0. The maximum Gasteiger partial charge on any atom is 0.494 e. The lowest BCUT2D eigenvalue weighted by molar-refractivity contribution is 0.00578. The summed E-state index contributed by atoms with van der Waals surface area (Å²) in [6.45, 7) is 16.6. The van der Waals surface area contributed by atoms with Crippen LogP contribution in [0.25, 0.3) is 0 Å². The van der Waals surface area contributed by atoms with Crippen LogP contribution in [0.2, 0.25) is 0 Å². The molecule has 0 saturated carbocycles. The van der Waals surface area contributed by atoms with Gasteiger partial charge in [-0.25, -0.2) is 0 Å². The van der Waals surface area contributed by atoms with Crippen molar-refractivity contribution in [1.82, 2.24) is 0 Å². The summed E-state index contributed by atoms with van der Waals surface area (Å²) >= 11 is 0. The number of rotatable bonds is 2. The second kappa shape index (κ2) is 5.96. The van der Waals surface area contributed by atoms with Crippen LogP contribution in [0.1, 0.15) is 55.4 Å². The molecule has 7 heteroatoms. The van der Waals surface area contributed by atoms with Gasteiger partial charge in [-0.2, -0.15) is 0 Å². The molecule has 0 amide bonds. The molecule has 0 aliphatic carbocycles. The van der Waals surface area contributed by atoms with Gasteiger partial charge in [0.2, 0.25) is 0 Å². The number of allylic oxidation sites excluding steroid dienone is 4. The molecule has 4 nitrogen and oxygen atoms in total. The topological polar surface area (TPSA) is 36.9 Å². The fourth-order valence-electron chi connectivity index (χ4n) is 2.77. The molecule has 3 heterocycles. The first-order chi connectivity index (χ1) is 11.3. The highest BCUT2D eigenvalue weighted by Crippen LogP contribution is 2.40. The monoisotopic (exact) mass is 358 g/mol. The van der Waals surface area contributed by atoms with Gasteiger partial charge in [0.25, 0.3) is 0 Å². The van der Waals surface area contributed by atoms with E-state index in [1.54, 1.807) is 0 Å². The van der Waals surface area contributed by atoms with E-state index in [1.807, 2.05) is 0 Å². The Balaban J connectivity index is 1.73. The summed E-state index contributed by atoms with van der Waals surface area (Å²) in [5.74, 6) is 0. The SMILES string of the molecule is CC1(C)OB(C2=C[Si]C=C(B3OC(C)(C)C(C)(C)O3)C=C2)OC1(C)C. The van der Waals surface area contributed by atoms with Gasteiger partial charge < -0.3 is 18.6 Å². The van der Waals surface area contributed by atoms with Gasteiger partial charge in [-0.3, -0.25) is 0 Å². The van der Waals surface area contributed by atoms with E-state index in [1.165, 1.54) is 0 Å². The molecule has 2 radical (unpaired) electrons. The summed E-state index contributed by atoms with van der Waals surface area (Å²) < 4.78 is 24.7. The molecule has 0 bridgehead atoms. The molecule has 3 aliphatic heterocycles. The van der Waals surface area contributed by atoms with Crippen LogP contribution in [0.4, 0.5) is 0 Å². The van der Waals surface area contributed by atoms with E-state index in [9.17, 15) is 0 Å². The second-order valence-electron chi connectivity index (χ2n) is 8.97. The minimum Gasteiger partial charge on any atom is -0.399 e. The van der Waals surface area contributed by atoms with E-state index in [4.69, 9.17) is 18.6 Å². The predicted octanol–water partition coefficient (Wildman–Crippen LogP) is 3.29. The van der Waals surface area contributed by atoms with E-state index < -0.39 is 0 Å². The molecular formula is C18H28B2O4Si. The lowest BCUT2D eigenvalue weighted by Crippen LogP contribution is -2.41. The van der Waals surface area contributed by atoms with Gasteiger partial charge in [-0.05, 0) is 66.3 Å². The zero-order valence-corrected chi connectivity index (χ0v) is 17.6. The molecule has 134 valence electrons. The van der Waals surface area contributed by atoms with E-state index >= 15 is 0 Å². The molecule has 0 aromatic carbocycles. The van der Waals surface area contributed by atoms with E-state index in [0.717, 1.165) is 10.9 Å². The first-order valence-electron chi connectivity index (χ1n) is 8.90. The van der Waals surface area contributed by atoms with Crippen LogP contribution in [0, 0.1) is 0 Å². The summed E-state index contributed by atoms with van der Waals surface area (Å²) in [6, 6.07) is 0. The molecular weight excluding hydrogens is 330 g/mol. The molecule has 2 saturated heterocycles. The van der Waals surface area contributed by atoms with Crippen LogP contribution in [0.3, 0.4) is 0 Å². The molecule has 0 unspecified atom stereocenters. The van der Waals surface area contributed by atoms with Crippen molar-refractivity contribution in [3.05, 3.63) is 34.5 Å². The molecule has 0 atom stereocenters. The van der Waals surface area contributed by atoms with Crippen LogP contribution >= 0.6 is 0 Å². The third-order valence-electron chi connectivity index (χ3n) is 6.02. The Morgan fingerprint density at radius 1 is 0.600 bits per heavy atom. The van der Waals surface area contributed by atoms with Crippen molar-refractivity contribution in [1.29, 1.82) is 0 Å². The Bertz CT molecular complexity index is 563. The Morgan fingerprint density at radius 3 is 1.16 bits per heavy atom. The van der Waals surface area contributed by atoms with Crippen molar-refractivity contribution in [3.8, 4) is 0 Å². The van der Waals surface area contributed by atoms with Gasteiger partial charge in [0, 0.05) is 0 Å². The van der Waals surface area contributed by atoms with Crippen molar-refractivity contribution in [2.45, 2.75) is 77.8 Å². The number of hydrogen-bond acceptors (Lipinski definition) is 4. The molecule has 0 aromatic heterocycles. The van der Waals surface area contributed by atoms with Gasteiger partial charge >= 0.3 is 14.2 Å². The minimum atomic E-state index is -0.334. The molecule has 3 aliphatic rings. The van der Waals surface area contributed by atoms with Crippen molar-refractivity contribution in [3.63, 3.8) is 0 Å². The minimum absolute atomic E-state index is 0.330. The van der Waals surface area contributed by atoms with Gasteiger partial charge in [0.1, 0.15) is 9.52 Å². The third-order valence-corrected chi connectivity index (χ3v) is 7.02. The van der Waals surface area contributed by atoms with Crippen molar-refractivity contribution in [2.75, 3.05) is 0 Å². The highest BCUT2D eigenvalue weighted by molar-refractivity contribution is 6.63. The molecule has 3 rings (SSSR count). The lowest BCUT2D eigenvalue weighted by atomic mass is 9.75. The molecule has 0 N–H and O–H groups in total. The van der Waals surface area contributed by atoms with E-state index in [0.29, 0.717) is 9.52 Å². The van der Waals surface area contributed by atoms with Gasteiger partial charge in [-0.15, -0.1) is 0 Å². The largest absolute Gasteiger partial charge is 0.494 e. The molecule has 25 heavy (non-hydrogen) atoms. The first-order valence-corrected chi connectivity index (χ1v) is 10.1. The van der Waals surface area contributed by atoms with Crippen molar-refractivity contribution < 1.29 is 18.6 Å². The summed E-state index contributed by atoms with van der Waals surface area (Å²) in [7, 11) is -0.137. The fraction of sp³-hybridized carbons (Fsp3) is 0.667. The van der Waals surface area contributed by atoms with Crippen molar-refractivity contribution in [2.24, 2.45) is 0 Å². The maximum absolute atomic E-state index is 6.16. The van der Waals surface area contributed by atoms with Crippen LogP contribution in [-0.4, -0.2) is 46.2 Å². The zero-order chi connectivity index (χ0) is 18.7. The highest BCUT2D eigenvalue weighted by atomic mass is 28.2. The second-order valence-corrected chi connectivity index (χ2v) is 9.88. The lowest BCUT2D eigenvalue weighted by Gasteiger charge is -2.32. The van der Waals surface area contributed by atoms with Crippen molar-refractivity contribution >= 4 is 23.8 Å². The Hall–Kier alpha value is -0.593. The molecule has 0 aromatic rings. The van der Waals surface area contributed by atoms with Crippen LogP contribution in [-0.2, 0) is 18.6 Å². The Morgan fingerprint density at radius 2 is 0.880 bits per heavy atom. The number of hydrogen-bond donors (Lipinski definition) is 0. The van der Waals surface area contributed by atoms with Crippen LogP contribution in [0.15, 0.2) is 34.5 Å². The fourth-order valence-corrected chi connectivity index (χ4v) is 3.71. The Kier molecular flexibility index (Phi) is 4.57. The van der Waals surface area contributed by atoms with Gasteiger partial charge in [0.05, 0.1) is 22.4 Å². The predicted molar refractivity (Wildman–Crippen MR) is 103 cm³/mol. The van der Waals surface area contributed by atoms with Crippen LogP contribution in [0.5, 0.6) is 0 Å². The van der Waals surface area contributed by atoms with E-state index in [-0.39, 0.29) is 36.6 Å². The maximum atomic E-state index is 6.16. The van der Waals surface area contributed by atoms with Crippen LogP contribution < -0.4 is 0 Å². The quantitative estimate of drug-likeness (QED) is 0.710. The zero-order valence-electron chi connectivity index (χ0n) is 16.6. The Labute approximate surface area is 155 Å². The van der Waals surface area contributed by atoms with Gasteiger partial charge in [0.15, 0.2) is 0 Å². The molecule has 2 fully saturated rings. The smallest absolute Gasteiger partial charge is 0.399 e. The molecule has 0 spiro atoms. The van der Waals surface area contributed by atoms with Gasteiger partial charge in [-0.1, -0.05) is 23.6 Å². The highest BCUT2D eigenvalue weighted by Gasteiger charge is 2.53. The summed E-state index contributed by atoms with van der Waals surface area (Å²) in [5.41, 5.74) is 5.15. The standard InChI is InChI=1S/C18H28B2O4Si/c1-15(2)16(3,4)22-19(21-15)13-9-10-14(12-25-11-13)20-23-17(5,6)18(7,8)24-20/h9-12H,1-8H3. The average Bonchev–Trinajstić information content (AvgIpc) is 2.71.